The minimum absolute atomic E-state index is 0.110. The summed E-state index contributed by atoms with van der Waals surface area (Å²) in [7, 11) is 0. The summed E-state index contributed by atoms with van der Waals surface area (Å²) in [4.78, 5) is 32.4. The number of thiazole rings is 1. The van der Waals surface area contributed by atoms with Crippen molar-refractivity contribution in [3.63, 3.8) is 0 Å². The average molecular weight is 394 g/mol. The summed E-state index contributed by atoms with van der Waals surface area (Å²) in [5, 5.41) is 1.72. The van der Waals surface area contributed by atoms with E-state index in [1.807, 2.05) is 0 Å². The maximum absolute atomic E-state index is 12.7. The van der Waals surface area contributed by atoms with Gasteiger partial charge in [0.2, 0.25) is 0 Å². The van der Waals surface area contributed by atoms with Crippen molar-refractivity contribution in [3.05, 3.63) is 45.9 Å². The molecule has 0 saturated carbocycles. The third kappa shape index (κ3) is 4.09. The molecular weight excluding hydrogens is 376 g/mol. The second kappa shape index (κ2) is 7.94. The first-order valence-corrected chi connectivity index (χ1v) is 9.95. The highest BCUT2D eigenvalue weighted by Crippen LogP contribution is 2.19. The third-order valence-corrected chi connectivity index (χ3v) is 5.16. The molecule has 1 unspecified atom stereocenters. The number of hydrogen-bond acceptors (Lipinski definition) is 5. The van der Waals surface area contributed by atoms with Gasteiger partial charge in [0.15, 0.2) is 0 Å². The summed E-state index contributed by atoms with van der Waals surface area (Å²) in [6.07, 6.45) is 0. The molecule has 0 radical (unpaired) electrons. The number of hydrogen-bond donors (Lipinski definition) is 2. The highest BCUT2D eigenvalue weighted by Gasteiger charge is 2.26. The molecule has 1 aromatic carbocycles. The first kappa shape index (κ1) is 18.5. The van der Waals surface area contributed by atoms with Gasteiger partial charge < -0.3 is 9.80 Å². The Balaban J connectivity index is 1.62. The zero-order valence-corrected chi connectivity index (χ0v) is 15.7. The predicted octanol–water partition coefficient (Wildman–Crippen LogP) is 1.60. The average Bonchev–Trinajstić information content (AvgIpc) is 3.16. The first-order valence-electron chi connectivity index (χ1n) is 7.90. The van der Waals surface area contributed by atoms with E-state index in [1.54, 1.807) is 45.8 Å². The van der Waals surface area contributed by atoms with E-state index in [2.05, 4.69) is 9.71 Å². The predicted molar refractivity (Wildman–Crippen MR) is 99.5 cm³/mol. The van der Waals surface area contributed by atoms with Crippen LogP contribution in [-0.2, 0) is 11.3 Å². The minimum Gasteiger partial charge on any atom is -0.335 e. The number of rotatable bonds is 4. The molecule has 0 bridgehead atoms. The van der Waals surface area contributed by atoms with Gasteiger partial charge in [0.1, 0.15) is 5.69 Å². The monoisotopic (exact) mass is 394 g/mol. The number of nitrogens with one attached hydrogen (secondary N) is 1. The van der Waals surface area contributed by atoms with Crippen molar-refractivity contribution in [3.8, 4) is 0 Å². The Bertz CT molecular complexity index is 833. The second-order valence-electron chi connectivity index (χ2n) is 5.84. The molecule has 8 nitrogen and oxygen atoms in total. The van der Waals surface area contributed by atoms with E-state index in [0.29, 0.717) is 48.7 Å². The van der Waals surface area contributed by atoms with Gasteiger partial charge in [0.05, 0.1) is 11.2 Å². The molecule has 1 saturated heterocycles. The number of carbonyl (C=O) groups excluding carboxylic acids is 2. The van der Waals surface area contributed by atoms with E-state index in [4.69, 9.17) is 4.55 Å². The van der Waals surface area contributed by atoms with Crippen molar-refractivity contribution < 1.29 is 18.4 Å². The third-order valence-electron chi connectivity index (χ3n) is 4.18. The Hall–Kier alpha value is -2.30. The molecule has 2 aromatic rings. The fourth-order valence-corrected chi connectivity index (χ4v) is 3.72. The normalized spacial score (nSPS) is 15.6. The lowest BCUT2D eigenvalue weighted by molar-refractivity contribution is 0.0532. The summed E-state index contributed by atoms with van der Waals surface area (Å²) < 4.78 is 22.2. The van der Waals surface area contributed by atoms with Gasteiger partial charge >= 0.3 is 0 Å². The lowest BCUT2D eigenvalue weighted by Crippen LogP contribution is -2.50. The highest BCUT2D eigenvalue weighted by atomic mass is 32.2. The van der Waals surface area contributed by atoms with Crippen molar-refractivity contribution in [2.75, 3.05) is 30.9 Å². The number of benzene rings is 1. The van der Waals surface area contributed by atoms with E-state index in [1.165, 1.54) is 11.3 Å². The lowest BCUT2D eigenvalue weighted by Gasteiger charge is -2.34. The molecule has 2 heterocycles. The summed E-state index contributed by atoms with van der Waals surface area (Å²) in [5.41, 5.74) is 3.78. The zero-order valence-electron chi connectivity index (χ0n) is 14.0. The number of nitrogens with zero attached hydrogens (tertiary/aromatic N) is 3. The van der Waals surface area contributed by atoms with Crippen molar-refractivity contribution in [1.29, 1.82) is 0 Å². The number of piperazine rings is 1. The summed E-state index contributed by atoms with van der Waals surface area (Å²) in [6, 6.07) is 4.92. The number of aromatic nitrogens is 1. The van der Waals surface area contributed by atoms with Gasteiger partial charge in [-0.05, 0) is 30.7 Å². The molecule has 10 heteroatoms. The molecule has 2 N–H and O–H groups in total. The van der Waals surface area contributed by atoms with Gasteiger partial charge in [-0.25, -0.2) is 9.19 Å². The summed E-state index contributed by atoms with van der Waals surface area (Å²) >= 11 is -0.779. The van der Waals surface area contributed by atoms with E-state index >= 15 is 0 Å². The van der Waals surface area contributed by atoms with Crippen LogP contribution in [0.3, 0.4) is 0 Å². The van der Waals surface area contributed by atoms with Gasteiger partial charge in [0.25, 0.3) is 23.1 Å². The van der Waals surface area contributed by atoms with Crippen molar-refractivity contribution in [1.82, 2.24) is 14.8 Å². The fourth-order valence-electron chi connectivity index (χ4n) is 2.78. The van der Waals surface area contributed by atoms with Crippen molar-refractivity contribution in [2.45, 2.75) is 6.92 Å². The van der Waals surface area contributed by atoms with Crippen LogP contribution in [0, 0.1) is 6.92 Å². The van der Waals surface area contributed by atoms with E-state index in [-0.39, 0.29) is 11.8 Å². The zero-order chi connectivity index (χ0) is 18.7. The first-order chi connectivity index (χ1) is 12.5. The number of anilines is 1. The maximum Gasteiger partial charge on any atom is 0.273 e. The van der Waals surface area contributed by atoms with Crippen LogP contribution in [0.15, 0.2) is 29.1 Å². The van der Waals surface area contributed by atoms with Gasteiger partial charge in [-0.2, -0.15) is 0 Å². The minimum atomic E-state index is -2.16. The second-order valence-corrected chi connectivity index (χ2v) is 7.26. The van der Waals surface area contributed by atoms with Crippen LogP contribution in [0.2, 0.25) is 0 Å². The molecule has 1 atom stereocenters. The Morgan fingerprint density at radius 3 is 2.38 bits per heavy atom. The van der Waals surface area contributed by atoms with Crippen LogP contribution in [0.25, 0.3) is 0 Å². The highest BCUT2D eigenvalue weighted by molar-refractivity contribution is 7.80. The molecule has 2 amide bonds. The SMILES string of the molecule is Cc1cc(C(=O)N2CCN(C(=O)c3cscn3)CC2)ccc1NS(=O)O. The molecule has 1 fully saturated rings. The van der Waals surface area contributed by atoms with Gasteiger partial charge in [0, 0.05) is 37.1 Å². The molecule has 0 aliphatic carbocycles. The van der Waals surface area contributed by atoms with Crippen LogP contribution in [0.1, 0.15) is 26.4 Å². The van der Waals surface area contributed by atoms with Crippen molar-refractivity contribution >= 4 is 40.1 Å². The van der Waals surface area contributed by atoms with Crippen molar-refractivity contribution in [2.24, 2.45) is 0 Å². The number of aryl methyl sites for hydroxylation is 1. The Labute approximate surface area is 157 Å². The molecular formula is C16H18N4O4S2. The topological polar surface area (TPSA) is 103 Å². The molecule has 1 aliphatic rings. The number of amides is 2. The van der Waals surface area contributed by atoms with Crippen LogP contribution < -0.4 is 4.72 Å². The molecule has 1 aliphatic heterocycles. The molecule has 138 valence electrons. The smallest absolute Gasteiger partial charge is 0.273 e. The summed E-state index contributed by atoms with van der Waals surface area (Å²) in [5.74, 6) is -0.229. The lowest BCUT2D eigenvalue weighted by atomic mass is 10.1. The van der Waals surface area contributed by atoms with E-state index in [9.17, 15) is 13.8 Å². The van der Waals surface area contributed by atoms with Crippen LogP contribution in [0.5, 0.6) is 0 Å². The summed E-state index contributed by atoms with van der Waals surface area (Å²) in [6.45, 7) is 3.59. The van der Waals surface area contributed by atoms with E-state index < -0.39 is 11.3 Å². The molecule has 1 aromatic heterocycles. The maximum atomic E-state index is 12.7. The van der Waals surface area contributed by atoms with Crippen LogP contribution in [-0.4, -0.2) is 61.5 Å². The number of carbonyl (C=O) groups is 2. The molecule has 3 rings (SSSR count). The largest absolute Gasteiger partial charge is 0.335 e. The Kier molecular flexibility index (Phi) is 5.64. The Morgan fingerprint density at radius 1 is 1.19 bits per heavy atom. The molecule has 0 spiro atoms. The fraction of sp³-hybridized carbons (Fsp3) is 0.312. The van der Waals surface area contributed by atoms with Gasteiger partial charge in [-0.15, -0.1) is 11.3 Å². The van der Waals surface area contributed by atoms with Crippen LogP contribution >= 0.6 is 11.3 Å². The standard InChI is InChI=1S/C16H18N4O4S2/c1-11-8-12(2-3-13(11)18-26(23)24)15(21)19-4-6-20(7-5-19)16(22)14-9-25-10-17-14/h2-3,8-10,18H,4-7H2,1H3,(H,23,24). The van der Waals surface area contributed by atoms with E-state index in [0.717, 1.165) is 0 Å². The van der Waals surface area contributed by atoms with Gasteiger partial charge in [-0.1, -0.05) is 0 Å². The molecule has 26 heavy (non-hydrogen) atoms. The van der Waals surface area contributed by atoms with Crippen LogP contribution in [0.4, 0.5) is 5.69 Å². The Morgan fingerprint density at radius 2 is 1.85 bits per heavy atom. The van der Waals surface area contributed by atoms with Gasteiger partial charge in [-0.3, -0.25) is 18.9 Å². The quantitative estimate of drug-likeness (QED) is 0.767.